The molecule has 0 bridgehead atoms. The van der Waals surface area contributed by atoms with Crippen LogP contribution in [-0.4, -0.2) is 53.9 Å². The van der Waals surface area contributed by atoms with E-state index in [9.17, 15) is 0 Å². The minimum atomic E-state index is -1.86. The first-order valence-corrected chi connectivity index (χ1v) is 8.43. The van der Waals surface area contributed by atoms with Gasteiger partial charge in [0.05, 0.1) is 27.7 Å². The molecule has 0 aromatic rings. The lowest BCUT2D eigenvalue weighted by Gasteiger charge is -2.28. The van der Waals surface area contributed by atoms with Crippen LogP contribution in [0.1, 0.15) is 20.3 Å². The first kappa shape index (κ1) is 15.1. The predicted molar refractivity (Wildman–Crippen MR) is 67.2 cm³/mol. The van der Waals surface area contributed by atoms with Gasteiger partial charge < -0.3 is 13.3 Å². The molecule has 0 rings (SSSR count). The highest BCUT2D eigenvalue weighted by atomic mass is 28.4. The Morgan fingerprint density at radius 3 is 1.80 bits per heavy atom. The van der Waals surface area contributed by atoms with Crippen LogP contribution in [0, 0.1) is 0 Å². The van der Waals surface area contributed by atoms with Crippen LogP contribution < -0.4 is 0 Å². The Balaban J connectivity index is 3.95. The molecule has 92 valence electrons. The molecule has 0 spiro atoms. The van der Waals surface area contributed by atoms with Gasteiger partial charge in [-0.1, -0.05) is 0 Å². The minimum absolute atomic E-state index is 0.771. The third kappa shape index (κ3) is 7.96. The third-order valence-corrected chi connectivity index (χ3v) is 5.42. The average Bonchev–Trinajstić information content (AvgIpc) is 2.01. The largest absolute Gasteiger partial charge is 0.395 e. The summed E-state index contributed by atoms with van der Waals surface area (Å²) < 4.78 is 12.6. The van der Waals surface area contributed by atoms with Crippen LogP contribution in [0.5, 0.6) is 0 Å². The summed E-state index contributed by atoms with van der Waals surface area (Å²) in [6, 6.07) is 1.10. The highest BCUT2D eigenvalue weighted by Crippen LogP contribution is 2.16. The molecule has 3 nitrogen and oxygen atoms in total. The Morgan fingerprint density at radius 1 is 1.00 bits per heavy atom. The summed E-state index contributed by atoms with van der Waals surface area (Å²) in [5.74, 6) is 0. The monoisotopic (exact) mass is 234 g/mol. The molecule has 0 aromatic carbocycles. The number of hydrogen-bond acceptors (Lipinski definition) is 2. The normalized spacial score (nSPS) is 13.2. The predicted octanol–water partition coefficient (Wildman–Crippen LogP) is 2.23. The van der Waals surface area contributed by atoms with Crippen LogP contribution in [0.15, 0.2) is 0 Å². The van der Waals surface area contributed by atoms with Crippen LogP contribution in [0.4, 0.5) is 0 Å². The van der Waals surface area contributed by atoms with Gasteiger partial charge in [-0.2, -0.15) is 0 Å². The van der Waals surface area contributed by atoms with Gasteiger partial charge in [0.1, 0.15) is 0 Å². The van der Waals surface area contributed by atoms with Crippen molar-refractivity contribution >= 4 is 8.56 Å². The van der Waals surface area contributed by atoms with Gasteiger partial charge in [0.25, 0.3) is 0 Å². The first-order chi connectivity index (χ1) is 6.83. The molecule has 0 fully saturated rings. The molecule has 0 saturated carbocycles. The molecule has 0 aromatic heterocycles. The lowest BCUT2D eigenvalue weighted by molar-refractivity contribution is -0.870. The molecule has 0 amide bonds. The Hall–Kier alpha value is 0.0969. The topological polar surface area (TPSA) is 18.5 Å². The van der Waals surface area contributed by atoms with Crippen LogP contribution >= 0.6 is 0 Å². The summed E-state index contributed by atoms with van der Waals surface area (Å²) >= 11 is 0. The quantitative estimate of drug-likeness (QED) is 0.474. The van der Waals surface area contributed by atoms with Gasteiger partial charge in [-0.15, -0.1) is 0 Å². The van der Waals surface area contributed by atoms with E-state index in [1.807, 2.05) is 13.8 Å². The van der Waals surface area contributed by atoms with Crippen LogP contribution in [0.3, 0.4) is 0 Å². The number of rotatable bonds is 8. The van der Waals surface area contributed by atoms with Crippen molar-refractivity contribution in [1.82, 2.24) is 0 Å². The molecule has 0 N–H and O–H groups in total. The van der Waals surface area contributed by atoms with Gasteiger partial charge in [0.15, 0.2) is 0 Å². The first-order valence-electron chi connectivity index (χ1n) is 5.91. The molecule has 0 aliphatic carbocycles. The second-order valence-corrected chi connectivity index (χ2v) is 8.46. The molecule has 0 saturated heterocycles. The van der Waals surface area contributed by atoms with Crippen LogP contribution in [-0.2, 0) is 8.85 Å². The number of quaternary nitrogens is 1. The van der Waals surface area contributed by atoms with E-state index in [1.54, 1.807) is 0 Å². The van der Waals surface area contributed by atoms with E-state index in [0.717, 1.165) is 23.7 Å². The highest BCUT2D eigenvalue weighted by molar-refractivity contribution is 6.66. The standard InChI is InChI=1S/C11H28NO2Si/c1-7-13-15(6,14-8-2)11-9-10-12(3,4)5/h7-11H2,1-6H3/q+1. The fourth-order valence-corrected chi connectivity index (χ4v) is 4.06. The molecule has 0 radical (unpaired) electrons. The Kier molecular flexibility index (Phi) is 6.67. The van der Waals surface area contributed by atoms with Crippen molar-refractivity contribution in [2.45, 2.75) is 32.9 Å². The van der Waals surface area contributed by atoms with Crippen molar-refractivity contribution in [2.24, 2.45) is 0 Å². The molecular formula is C11H28NO2Si+. The third-order valence-electron chi connectivity index (χ3n) is 2.36. The minimum Gasteiger partial charge on any atom is -0.395 e. The fraction of sp³-hybridized carbons (Fsp3) is 1.00. The Morgan fingerprint density at radius 2 is 1.47 bits per heavy atom. The van der Waals surface area contributed by atoms with Gasteiger partial charge in [0, 0.05) is 13.2 Å². The molecule has 0 unspecified atom stereocenters. The second-order valence-electron chi connectivity index (χ2n) is 5.12. The van der Waals surface area contributed by atoms with Crippen molar-refractivity contribution < 1.29 is 13.3 Å². The summed E-state index contributed by atoms with van der Waals surface area (Å²) in [5, 5.41) is 0. The SMILES string of the molecule is CCO[Si](C)(CCC[N+](C)(C)C)OCC. The summed E-state index contributed by atoms with van der Waals surface area (Å²) in [6.07, 6.45) is 1.19. The zero-order chi connectivity index (χ0) is 11.9. The molecule has 0 heterocycles. The average molecular weight is 234 g/mol. The molecule has 0 aliphatic rings. The summed E-state index contributed by atoms with van der Waals surface area (Å²) in [4.78, 5) is 0. The van der Waals surface area contributed by atoms with Gasteiger partial charge in [-0.05, 0) is 32.9 Å². The smallest absolute Gasteiger partial charge is 0.335 e. The summed E-state index contributed by atoms with van der Waals surface area (Å²) in [6.45, 7) is 8.99. The maximum absolute atomic E-state index is 5.79. The lowest BCUT2D eigenvalue weighted by Crippen LogP contribution is -2.41. The highest BCUT2D eigenvalue weighted by Gasteiger charge is 2.30. The van der Waals surface area contributed by atoms with Crippen LogP contribution in [0.25, 0.3) is 0 Å². The van der Waals surface area contributed by atoms with Crippen molar-refractivity contribution in [2.75, 3.05) is 40.9 Å². The van der Waals surface area contributed by atoms with E-state index in [1.165, 1.54) is 13.0 Å². The molecular weight excluding hydrogens is 206 g/mol. The maximum atomic E-state index is 5.79. The maximum Gasteiger partial charge on any atom is 0.335 e. The Labute approximate surface area is 96.2 Å². The van der Waals surface area contributed by atoms with E-state index in [0.29, 0.717) is 0 Å². The zero-order valence-electron chi connectivity index (χ0n) is 11.3. The van der Waals surface area contributed by atoms with Crippen molar-refractivity contribution in [3.63, 3.8) is 0 Å². The number of nitrogens with zero attached hydrogens (tertiary/aromatic N) is 1. The van der Waals surface area contributed by atoms with E-state index in [-0.39, 0.29) is 0 Å². The lowest BCUT2D eigenvalue weighted by atomic mass is 10.4. The Bertz CT molecular complexity index is 162. The molecule has 0 aliphatic heterocycles. The molecule has 4 heteroatoms. The van der Waals surface area contributed by atoms with E-state index in [2.05, 4.69) is 27.7 Å². The van der Waals surface area contributed by atoms with E-state index < -0.39 is 8.56 Å². The van der Waals surface area contributed by atoms with Gasteiger partial charge in [0.2, 0.25) is 0 Å². The van der Waals surface area contributed by atoms with Gasteiger partial charge in [-0.25, -0.2) is 0 Å². The van der Waals surface area contributed by atoms with Crippen LogP contribution in [0.2, 0.25) is 12.6 Å². The van der Waals surface area contributed by atoms with Gasteiger partial charge >= 0.3 is 8.56 Å². The zero-order valence-corrected chi connectivity index (χ0v) is 12.3. The van der Waals surface area contributed by atoms with Crippen molar-refractivity contribution in [3.8, 4) is 0 Å². The van der Waals surface area contributed by atoms with E-state index in [4.69, 9.17) is 8.85 Å². The van der Waals surface area contributed by atoms with Crippen molar-refractivity contribution in [3.05, 3.63) is 0 Å². The summed E-state index contributed by atoms with van der Waals surface area (Å²) in [5.41, 5.74) is 0. The summed E-state index contributed by atoms with van der Waals surface area (Å²) in [7, 11) is 4.81. The number of hydrogen-bond donors (Lipinski definition) is 0. The second kappa shape index (κ2) is 6.63. The van der Waals surface area contributed by atoms with Crippen molar-refractivity contribution in [1.29, 1.82) is 0 Å². The fourth-order valence-electron chi connectivity index (χ4n) is 1.67. The van der Waals surface area contributed by atoms with Gasteiger partial charge in [-0.3, -0.25) is 0 Å². The molecule has 15 heavy (non-hydrogen) atoms. The molecule has 0 atom stereocenters. The van der Waals surface area contributed by atoms with E-state index >= 15 is 0 Å².